The number of carbonyl (C=O) groups is 2. The number of nitrogens with one attached hydrogen (secondary N) is 1. The molecule has 0 bridgehead atoms. The van der Waals surface area contributed by atoms with E-state index in [2.05, 4.69) is 21.2 Å². The first kappa shape index (κ1) is 15.0. The minimum Gasteiger partial charge on any atom is -0.506 e. The van der Waals surface area contributed by atoms with Crippen LogP contribution in [0, 0.1) is 0 Å². The van der Waals surface area contributed by atoms with E-state index >= 15 is 0 Å². The molecule has 1 fully saturated rings. The largest absolute Gasteiger partial charge is 0.506 e. The quantitative estimate of drug-likeness (QED) is 0.448. The number of benzene rings is 1. The first-order valence-electron chi connectivity index (χ1n) is 5.34. The number of hydrogen-bond acceptors (Lipinski definition) is 4. The highest BCUT2D eigenvalue weighted by atomic mass is 79.9. The lowest BCUT2D eigenvalue weighted by Gasteiger charge is -2.25. The predicted octanol–water partition coefficient (Wildman–Crippen LogP) is 2.06. The van der Waals surface area contributed by atoms with Crippen LogP contribution >= 0.6 is 39.7 Å². The fourth-order valence-electron chi connectivity index (χ4n) is 1.60. The van der Waals surface area contributed by atoms with Crippen LogP contribution in [0.1, 0.15) is 5.56 Å². The van der Waals surface area contributed by atoms with Crippen molar-refractivity contribution in [3.8, 4) is 5.75 Å². The fraction of sp³-hybridized carbons (Fsp3) is 0.0833. The third-order valence-electron chi connectivity index (χ3n) is 2.66. The number of phenols is 1. The van der Waals surface area contributed by atoms with Crippen molar-refractivity contribution < 1.29 is 14.7 Å². The zero-order chi connectivity index (χ0) is 15.0. The van der Waals surface area contributed by atoms with E-state index in [9.17, 15) is 14.7 Å². The summed E-state index contributed by atoms with van der Waals surface area (Å²) in [6.07, 6.45) is 1.27. The van der Waals surface area contributed by atoms with Crippen LogP contribution in [0.4, 0.5) is 0 Å². The van der Waals surface area contributed by atoms with E-state index in [1.807, 2.05) is 0 Å². The van der Waals surface area contributed by atoms with Crippen molar-refractivity contribution in [2.75, 3.05) is 7.05 Å². The summed E-state index contributed by atoms with van der Waals surface area (Å²) >= 11 is 13.9. The topological polar surface area (TPSA) is 69.6 Å². The minimum absolute atomic E-state index is 0.0358. The van der Waals surface area contributed by atoms with Crippen molar-refractivity contribution >= 4 is 62.8 Å². The van der Waals surface area contributed by atoms with Crippen LogP contribution in [0.3, 0.4) is 0 Å². The van der Waals surface area contributed by atoms with Crippen LogP contribution < -0.4 is 5.32 Å². The third kappa shape index (κ3) is 2.70. The number of aromatic hydroxyl groups is 1. The van der Waals surface area contributed by atoms with Gasteiger partial charge in [0.25, 0.3) is 11.8 Å². The SMILES string of the molecule is CN1C(=O)/C(=C\c2cc(Br)cc(Cl)c2O)C(=O)NC1=S. The summed E-state index contributed by atoms with van der Waals surface area (Å²) in [5, 5.41) is 12.4. The molecule has 1 aromatic carbocycles. The Balaban J connectivity index is 2.52. The number of carbonyl (C=O) groups excluding carboxylic acids is 2. The number of amides is 2. The Morgan fingerprint density at radius 2 is 2.10 bits per heavy atom. The van der Waals surface area contributed by atoms with Gasteiger partial charge in [-0.25, -0.2) is 0 Å². The maximum atomic E-state index is 12.0. The molecule has 0 unspecified atom stereocenters. The molecule has 2 N–H and O–H groups in total. The van der Waals surface area contributed by atoms with Crippen LogP contribution in [0.15, 0.2) is 22.2 Å². The number of likely N-dealkylation sites (N-methyl/N-ethyl adjacent to an activating group) is 1. The van der Waals surface area contributed by atoms with E-state index in [-0.39, 0.29) is 27.0 Å². The Hall–Kier alpha value is -1.44. The van der Waals surface area contributed by atoms with Gasteiger partial charge in [0.1, 0.15) is 11.3 Å². The average Bonchev–Trinajstić information content (AvgIpc) is 2.37. The standard InChI is InChI=1S/C12H8BrClN2O3S/c1-16-11(19)7(10(18)15-12(16)20)3-5-2-6(13)4-8(14)9(5)17/h2-4,17H,1H3,(H,15,18,20)/b7-3-. The molecule has 2 rings (SSSR count). The second-order valence-corrected chi connectivity index (χ2v) is 5.72. The molecule has 5 nitrogen and oxygen atoms in total. The Morgan fingerprint density at radius 3 is 2.75 bits per heavy atom. The van der Waals surface area contributed by atoms with Gasteiger partial charge in [0.2, 0.25) is 0 Å². The summed E-state index contributed by atoms with van der Waals surface area (Å²) in [7, 11) is 1.45. The van der Waals surface area contributed by atoms with Crippen molar-refractivity contribution in [3.05, 3.63) is 32.8 Å². The molecule has 1 saturated heterocycles. The van der Waals surface area contributed by atoms with Gasteiger partial charge in [-0.05, 0) is 30.4 Å². The number of hydrogen-bond donors (Lipinski definition) is 2. The summed E-state index contributed by atoms with van der Waals surface area (Å²) in [6, 6.07) is 3.05. The molecular formula is C12H8BrClN2O3S. The molecule has 0 spiro atoms. The Kier molecular flexibility index (Phi) is 4.12. The summed E-state index contributed by atoms with van der Waals surface area (Å²) in [5.41, 5.74) is 0.120. The van der Waals surface area contributed by atoms with Crippen LogP contribution in [-0.2, 0) is 9.59 Å². The zero-order valence-electron chi connectivity index (χ0n) is 10.1. The summed E-state index contributed by atoms with van der Waals surface area (Å²) in [5.74, 6) is -1.37. The smallest absolute Gasteiger partial charge is 0.265 e. The third-order valence-corrected chi connectivity index (χ3v) is 3.78. The molecule has 2 amide bonds. The molecule has 0 aromatic heterocycles. The molecule has 0 aliphatic carbocycles. The molecule has 0 radical (unpaired) electrons. The van der Waals surface area contributed by atoms with Crippen LogP contribution in [-0.4, -0.2) is 34.0 Å². The van der Waals surface area contributed by atoms with Gasteiger partial charge in [-0.2, -0.15) is 0 Å². The molecule has 0 atom stereocenters. The first-order valence-corrected chi connectivity index (χ1v) is 6.92. The number of halogens is 2. The molecule has 1 aromatic rings. The van der Waals surface area contributed by atoms with Crippen molar-refractivity contribution in [1.82, 2.24) is 10.2 Å². The first-order chi connectivity index (χ1) is 9.31. The van der Waals surface area contributed by atoms with Gasteiger partial charge in [-0.15, -0.1) is 0 Å². The minimum atomic E-state index is -0.617. The number of phenolic OH excluding ortho intramolecular Hbond substituents is 1. The number of nitrogens with zero attached hydrogens (tertiary/aromatic N) is 1. The van der Waals surface area contributed by atoms with Gasteiger partial charge in [0.15, 0.2) is 5.11 Å². The van der Waals surface area contributed by atoms with Crippen LogP contribution in [0.5, 0.6) is 5.75 Å². The Morgan fingerprint density at radius 1 is 1.45 bits per heavy atom. The number of rotatable bonds is 1. The van der Waals surface area contributed by atoms with Crippen LogP contribution in [0.2, 0.25) is 5.02 Å². The van der Waals surface area contributed by atoms with Gasteiger partial charge in [-0.3, -0.25) is 19.8 Å². The van der Waals surface area contributed by atoms with E-state index in [1.165, 1.54) is 19.2 Å². The monoisotopic (exact) mass is 374 g/mol. The van der Waals surface area contributed by atoms with E-state index in [0.29, 0.717) is 4.47 Å². The maximum absolute atomic E-state index is 12.0. The normalized spacial score (nSPS) is 17.6. The number of thiocarbonyl (C=S) groups is 1. The highest BCUT2D eigenvalue weighted by molar-refractivity contribution is 9.10. The zero-order valence-corrected chi connectivity index (χ0v) is 13.3. The summed E-state index contributed by atoms with van der Waals surface area (Å²) in [4.78, 5) is 25.0. The van der Waals surface area contributed by atoms with Gasteiger partial charge < -0.3 is 5.11 Å². The maximum Gasteiger partial charge on any atom is 0.265 e. The van der Waals surface area contributed by atoms with Gasteiger partial charge in [0, 0.05) is 17.1 Å². The molecule has 1 aliphatic rings. The van der Waals surface area contributed by atoms with E-state index < -0.39 is 11.8 Å². The second kappa shape index (κ2) is 5.51. The van der Waals surface area contributed by atoms with E-state index in [4.69, 9.17) is 23.8 Å². The van der Waals surface area contributed by atoms with Crippen molar-refractivity contribution in [2.24, 2.45) is 0 Å². The molecule has 8 heteroatoms. The molecule has 1 heterocycles. The van der Waals surface area contributed by atoms with Gasteiger partial charge in [-0.1, -0.05) is 27.5 Å². The van der Waals surface area contributed by atoms with Gasteiger partial charge >= 0.3 is 0 Å². The van der Waals surface area contributed by atoms with Gasteiger partial charge in [0.05, 0.1) is 5.02 Å². The highest BCUT2D eigenvalue weighted by Gasteiger charge is 2.31. The van der Waals surface area contributed by atoms with Crippen molar-refractivity contribution in [2.45, 2.75) is 0 Å². The molecule has 1 aliphatic heterocycles. The average molecular weight is 376 g/mol. The lowest BCUT2D eigenvalue weighted by atomic mass is 10.1. The molecular weight excluding hydrogens is 368 g/mol. The fourth-order valence-corrected chi connectivity index (χ4v) is 2.61. The molecule has 20 heavy (non-hydrogen) atoms. The summed E-state index contributed by atoms with van der Waals surface area (Å²) < 4.78 is 0.611. The highest BCUT2D eigenvalue weighted by Crippen LogP contribution is 2.33. The van der Waals surface area contributed by atoms with Crippen LogP contribution in [0.25, 0.3) is 6.08 Å². The second-order valence-electron chi connectivity index (χ2n) is 4.01. The summed E-state index contributed by atoms with van der Waals surface area (Å²) in [6.45, 7) is 0. The van der Waals surface area contributed by atoms with E-state index in [0.717, 1.165) is 4.90 Å². The van der Waals surface area contributed by atoms with E-state index in [1.54, 1.807) is 6.07 Å². The lowest BCUT2D eigenvalue weighted by Crippen LogP contribution is -2.52. The molecule has 104 valence electrons. The Bertz CT molecular complexity index is 675. The predicted molar refractivity (Wildman–Crippen MR) is 82.3 cm³/mol. The Labute approximate surface area is 133 Å². The van der Waals surface area contributed by atoms with Crippen molar-refractivity contribution in [3.63, 3.8) is 0 Å². The molecule has 0 saturated carbocycles. The lowest BCUT2D eigenvalue weighted by molar-refractivity contribution is -0.128. The van der Waals surface area contributed by atoms with Crippen molar-refractivity contribution in [1.29, 1.82) is 0 Å².